The third-order valence-corrected chi connectivity index (χ3v) is 2.82. The molecule has 2 rings (SSSR count). The van der Waals surface area contributed by atoms with Crippen molar-refractivity contribution in [2.45, 2.75) is 6.42 Å². The number of anilines is 1. The van der Waals surface area contributed by atoms with Crippen molar-refractivity contribution in [1.82, 2.24) is 4.98 Å². The van der Waals surface area contributed by atoms with Crippen LogP contribution in [-0.2, 0) is 6.42 Å². The van der Waals surface area contributed by atoms with Crippen LogP contribution in [0.3, 0.4) is 0 Å². The second kappa shape index (κ2) is 5.83. The summed E-state index contributed by atoms with van der Waals surface area (Å²) in [5, 5.41) is 8.82. The summed E-state index contributed by atoms with van der Waals surface area (Å²) in [5.41, 5.74) is 1.76. The number of hydrogen-bond donors (Lipinski definition) is 0. The quantitative estimate of drug-likeness (QED) is 0.820. The van der Waals surface area contributed by atoms with Gasteiger partial charge in [0.2, 0.25) is 0 Å². The Kier molecular flexibility index (Phi) is 3.93. The molecule has 1 aromatic carbocycles. The van der Waals surface area contributed by atoms with Gasteiger partial charge in [0.05, 0.1) is 0 Å². The number of pyridine rings is 1. The summed E-state index contributed by atoms with van der Waals surface area (Å²) in [5.74, 6) is 0.838. The van der Waals surface area contributed by atoms with Gasteiger partial charge in [0.25, 0.3) is 0 Å². The van der Waals surface area contributed by atoms with E-state index >= 15 is 0 Å². The van der Waals surface area contributed by atoms with Crippen LogP contribution in [0.5, 0.6) is 0 Å². The minimum Gasteiger partial charge on any atom is -0.359 e. The van der Waals surface area contributed by atoms with E-state index in [0.29, 0.717) is 5.69 Å². The number of nitrogens with zero attached hydrogens (tertiary/aromatic N) is 3. The smallest absolute Gasteiger partial charge is 0.142 e. The predicted molar refractivity (Wildman–Crippen MR) is 72.4 cm³/mol. The third kappa shape index (κ3) is 3.08. The summed E-state index contributed by atoms with van der Waals surface area (Å²) >= 11 is 0. The summed E-state index contributed by atoms with van der Waals surface area (Å²) in [4.78, 5) is 6.33. The van der Waals surface area contributed by atoms with Gasteiger partial charge in [0.15, 0.2) is 0 Å². The molecule has 0 atom stereocenters. The van der Waals surface area contributed by atoms with Crippen LogP contribution in [0.15, 0.2) is 48.5 Å². The van der Waals surface area contributed by atoms with Crippen molar-refractivity contribution in [1.29, 1.82) is 5.26 Å². The van der Waals surface area contributed by atoms with E-state index in [2.05, 4.69) is 28.1 Å². The standard InChI is InChI=1S/C15H15N3/c1-18(11-10-13-6-3-2-4-7-13)15-9-5-8-14(12-16)17-15/h2-9H,10-11H2,1H3. The van der Waals surface area contributed by atoms with E-state index in [4.69, 9.17) is 5.26 Å². The minimum absolute atomic E-state index is 0.457. The Labute approximate surface area is 107 Å². The Hall–Kier alpha value is -2.34. The van der Waals surface area contributed by atoms with Gasteiger partial charge < -0.3 is 4.90 Å². The van der Waals surface area contributed by atoms with Gasteiger partial charge in [-0.05, 0) is 24.1 Å². The second-order valence-electron chi connectivity index (χ2n) is 4.15. The lowest BCUT2D eigenvalue weighted by atomic mass is 10.1. The molecule has 0 N–H and O–H groups in total. The molecule has 0 unspecified atom stereocenters. The Morgan fingerprint density at radius 2 is 1.89 bits per heavy atom. The van der Waals surface area contributed by atoms with Gasteiger partial charge in [0, 0.05) is 13.6 Å². The van der Waals surface area contributed by atoms with E-state index in [1.807, 2.05) is 37.4 Å². The molecule has 3 heteroatoms. The number of rotatable bonds is 4. The van der Waals surface area contributed by atoms with Crippen LogP contribution in [0, 0.1) is 11.3 Å². The van der Waals surface area contributed by atoms with Crippen molar-refractivity contribution in [3.63, 3.8) is 0 Å². The van der Waals surface area contributed by atoms with Crippen molar-refractivity contribution in [3.8, 4) is 6.07 Å². The summed E-state index contributed by atoms with van der Waals surface area (Å²) < 4.78 is 0. The lowest BCUT2D eigenvalue weighted by Gasteiger charge is -2.18. The van der Waals surface area contributed by atoms with E-state index in [1.54, 1.807) is 6.07 Å². The molecule has 0 saturated carbocycles. The van der Waals surface area contributed by atoms with Crippen LogP contribution in [-0.4, -0.2) is 18.6 Å². The molecular weight excluding hydrogens is 222 g/mol. The number of likely N-dealkylation sites (N-methyl/N-ethyl adjacent to an activating group) is 1. The van der Waals surface area contributed by atoms with Gasteiger partial charge in [-0.3, -0.25) is 0 Å². The highest BCUT2D eigenvalue weighted by molar-refractivity contribution is 5.40. The van der Waals surface area contributed by atoms with Gasteiger partial charge in [-0.1, -0.05) is 36.4 Å². The summed E-state index contributed by atoms with van der Waals surface area (Å²) in [6.07, 6.45) is 0.968. The third-order valence-electron chi connectivity index (χ3n) is 2.82. The Morgan fingerprint density at radius 3 is 2.61 bits per heavy atom. The molecule has 0 fully saturated rings. The van der Waals surface area contributed by atoms with E-state index in [9.17, 15) is 0 Å². The molecule has 0 aliphatic carbocycles. The lowest BCUT2D eigenvalue weighted by molar-refractivity contribution is 0.858. The average Bonchev–Trinajstić information content (AvgIpc) is 2.46. The van der Waals surface area contributed by atoms with Gasteiger partial charge in [-0.25, -0.2) is 4.98 Å². The average molecular weight is 237 g/mol. The first kappa shape index (κ1) is 12.1. The van der Waals surface area contributed by atoms with Crippen LogP contribution in [0.4, 0.5) is 5.82 Å². The highest BCUT2D eigenvalue weighted by Crippen LogP contribution is 2.10. The van der Waals surface area contributed by atoms with Crippen molar-refractivity contribution in [3.05, 3.63) is 59.8 Å². The van der Waals surface area contributed by atoms with Crippen LogP contribution >= 0.6 is 0 Å². The molecule has 0 radical (unpaired) electrons. The topological polar surface area (TPSA) is 39.9 Å². The van der Waals surface area contributed by atoms with E-state index < -0.39 is 0 Å². The Morgan fingerprint density at radius 1 is 1.11 bits per heavy atom. The molecule has 18 heavy (non-hydrogen) atoms. The number of nitriles is 1. The summed E-state index contributed by atoms with van der Waals surface area (Å²) in [7, 11) is 1.99. The van der Waals surface area contributed by atoms with Gasteiger partial charge in [-0.15, -0.1) is 0 Å². The van der Waals surface area contributed by atoms with Crippen LogP contribution < -0.4 is 4.90 Å². The fourth-order valence-corrected chi connectivity index (χ4v) is 1.75. The molecule has 0 spiro atoms. The molecule has 2 aromatic rings. The van der Waals surface area contributed by atoms with E-state index in [-0.39, 0.29) is 0 Å². The first-order valence-electron chi connectivity index (χ1n) is 5.92. The van der Waals surface area contributed by atoms with Crippen molar-refractivity contribution in [2.75, 3.05) is 18.5 Å². The van der Waals surface area contributed by atoms with Crippen LogP contribution in [0.2, 0.25) is 0 Å². The molecule has 1 aromatic heterocycles. The summed E-state index contributed by atoms with van der Waals surface area (Å²) in [6, 6.07) is 17.9. The molecule has 0 aliphatic heterocycles. The molecular formula is C15H15N3. The fraction of sp³-hybridized carbons (Fsp3) is 0.200. The molecule has 90 valence electrons. The van der Waals surface area contributed by atoms with Crippen molar-refractivity contribution < 1.29 is 0 Å². The monoisotopic (exact) mass is 237 g/mol. The first-order chi connectivity index (χ1) is 8.79. The Balaban J connectivity index is 1.99. The van der Waals surface area contributed by atoms with Gasteiger partial charge in [-0.2, -0.15) is 5.26 Å². The largest absolute Gasteiger partial charge is 0.359 e. The molecule has 0 amide bonds. The van der Waals surface area contributed by atoms with Crippen LogP contribution in [0.1, 0.15) is 11.3 Å². The minimum atomic E-state index is 0.457. The molecule has 3 nitrogen and oxygen atoms in total. The lowest BCUT2D eigenvalue weighted by Crippen LogP contribution is -2.21. The molecule has 0 aliphatic rings. The summed E-state index contributed by atoms with van der Waals surface area (Å²) in [6.45, 7) is 0.881. The zero-order valence-corrected chi connectivity index (χ0v) is 10.4. The van der Waals surface area contributed by atoms with E-state index in [0.717, 1.165) is 18.8 Å². The maximum atomic E-state index is 8.82. The van der Waals surface area contributed by atoms with Gasteiger partial charge >= 0.3 is 0 Å². The maximum absolute atomic E-state index is 8.82. The SMILES string of the molecule is CN(CCc1ccccc1)c1cccc(C#N)n1. The van der Waals surface area contributed by atoms with Crippen molar-refractivity contribution in [2.24, 2.45) is 0 Å². The van der Waals surface area contributed by atoms with Crippen molar-refractivity contribution >= 4 is 5.82 Å². The molecule has 0 saturated heterocycles. The normalized spacial score (nSPS) is 9.78. The van der Waals surface area contributed by atoms with Gasteiger partial charge in [0.1, 0.15) is 17.6 Å². The van der Waals surface area contributed by atoms with Crippen LogP contribution in [0.25, 0.3) is 0 Å². The number of hydrogen-bond acceptors (Lipinski definition) is 3. The zero-order valence-electron chi connectivity index (χ0n) is 10.4. The number of benzene rings is 1. The molecule has 1 heterocycles. The van der Waals surface area contributed by atoms with E-state index in [1.165, 1.54) is 5.56 Å². The number of aromatic nitrogens is 1. The predicted octanol–water partition coefficient (Wildman–Crippen LogP) is 2.63. The highest BCUT2D eigenvalue weighted by atomic mass is 15.2. The second-order valence-corrected chi connectivity index (χ2v) is 4.15. The Bertz CT molecular complexity index is 543. The fourth-order valence-electron chi connectivity index (χ4n) is 1.75. The molecule has 0 bridgehead atoms. The first-order valence-corrected chi connectivity index (χ1v) is 5.92. The zero-order chi connectivity index (χ0) is 12.8. The maximum Gasteiger partial charge on any atom is 0.142 e. The highest BCUT2D eigenvalue weighted by Gasteiger charge is 2.03.